The molecule has 1 aromatic carbocycles. The molecule has 3 nitrogen and oxygen atoms in total. The Morgan fingerprint density at radius 1 is 1.44 bits per heavy atom. The fraction of sp³-hybridized carbons (Fsp3) is 0.273. The van der Waals surface area contributed by atoms with Crippen molar-refractivity contribution in [2.45, 2.75) is 0 Å². The van der Waals surface area contributed by atoms with Crippen LogP contribution in [0, 0.1) is 0 Å². The van der Waals surface area contributed by atoms with Gasteiger partial charge in [-0.2, -0.15) is 0 Å². The number of nitrogens with zero attached hydrogens (tertiary/aromatic N) is 1. The van der Waals surface area contributed by atoms with Crippen molar-refractivity contribution in [1.29, 1.82) is 0 Å². The van der Waals surface area contributed by atoms with Crippen molar-refractivity contribution >= 4 is 38.6 Å². The Bertz CT molecular complexity index is 416. The molecule has 2 rings (SSSR count). The standard InChI is InChI=1S/C11H11BrN2OS/c12-9-3-1-8(2-4-9)10(15)7-16-11-13-5-6-14-11/h1-4H,5-7H2,(H,13,14). The molecule has 1 aliphatic rings. The van der Waals surface area contributed by atoms with Crippen LogP contribution in [-0.4, -0.2) is 29.8 Å². The third-order valence-electron chi connectivity index (χ3n) is 2.15. The fourth-order valence-electron chi connectivity index (χ4n) is 1.33. The largest absolute Gasteiger partial charge is 0.363 e. The average Bonchev–Trinajstić information content (AvgIpc) is 2.80. The molecule has 5 heteroatoms. The summed E-state index contributed by atoms with van der Waals surface area (Å²) in [5.41, 5.74) is 0.745. The second-order valence-electron chi connectivity index (χ2n) is 3.33. The molecule has 0 radical (unpaired) electrons. The zero-order valence-electron chi connectivity index (χ0n) is 8.57. The minimum absolute atomic E-state index is 0.133. The minimum atomic E-state index is 0.133. The second-order valence-corrected chi connectivity index (χ2v) is 5.21. The third-order valence-corrected chi connectivity index (χ3v) is 3.63. The third kappa shape index (κ3) is 3.09. The molecule has 1 heterocycles. The molecule has 0 amide bonds. The highest BCUT2D eigenvalue weighted by molar-refractivity contribution is 9.10. The second kappa shape index (κ2) is 5.50. The van der Waals surface area contributed by atoms with E-state index in [1.807, 2.05) is 24.3 Å². The van der Waals surface area contributed by atoms with E-state index >= 15 is 0 Å². The van der Waals surface area contributed by atoms with E-state index in [4.69, 9.17) is 0 Å². The molecule has 0 spiro atoms. The van der Waals surface area contributed by atoms with Gasteiger partial charge in [0, 0.05) is 16.6 Å². The summed E-state index contributed by atoms with van der Waals surface area (Å²) in [5, 5.41) is 4.01. The molecule has 0 aliphatic carbocycles. The van der Waals surface area contributed by atoms with Gasteiger partial charge >= 0.3 is 0 Å². The highest BCUT2D eigenvalue weighted by atomic mass is 79.9. The average molecular weight is 299 g/mol. The van der Waals surface area contributed by atoms with Crippen molar-refractivity contribution in [3.05, 3.63) is 34.3 Å². The van der Waals surface area contributed by atoms with Crippen LogP contribution in [0.5, 0.6) is 0 Å². The van der Waals surface area contributed by atoms with Gasteiger partial charge in [-0.15, -0.1) is 0 Å². The summed E-state index contributed by atoms with van der Waals surface area (Å²) in [6.45, 7) is 1.70. The molecule has 0 aromatic heterocycles. The number of aliphatic imine (C=N–C) groups is 1. The van der Waals surface area contributed by atoms with Gasteiger partial charge < -0.3 is 5.32 Å². The summed E-state index contributed by atoms with van der Waals surface area (Å²) < 4.78 is 0.985. The van der Waals surface area contributed by atoms with Crippen LogP contribution in [0.3, 0.4) is 0 Å². The first-order chi connectivity index (χ1) is 7.75. The van der Waals surface area contributed by atoms with Crippen LogP contribution in [0.15, 0.2) is 33.7 Å². The van der Waals surface area contributed by atoms with Crippen LogP contribution in [0.25, 0.3) is 0 Å². The SMILES string of the molecule is O=C(CSC1=NCCN1)c1ccc(Br)cc1. The number of amidine groups is 1. The van der Waals surface area contributed by atoms with E-state index in [2.05, 4.69) is 26.2 Å². The Kier molecular flexibility index (Phi) is 4.01. The highest BCUT2D eigenvalue weighted by Gasteiger charge is 2.10. The normalized spacial score (nSPS) is 14.4. The topological polar surface area (TPSA) is 41.5 Å². The van der Waals surface area contributed by atoms with Crippen LogP contribution in [0.1, 0.15) is 10.4 Å². The molecule has 1 N–H and O–H groups in total. The predicted molar refractivity (Wildman–Crippen MR) is 71.2 cm³/mol. The highest BCUT2D eigenvalue weighted by Crippen LogP contribution is 2.13. The number of hydrogen-bond donors (Lipinski definition) is 1. The molecule has 0 fully saturated rings. The number of benzene rings is 1. The Hall–Kier alpha value is -0.810. The monoisotopic (exact) mass is 298 g/mol. The summed E-state index contributed by atoms with van der Waals surface area (Å²) in [6, 6.07) is 7.42. The van der Waals surface area contributed by atoms with Gasteiger partial charge in [-0.3, -0.25) is 9.79 Å². The van der Waals surface area contributed by atoms with E-state index in [1.165, 1.54) is 11.8 Å². The Morgan fingerprint density at radius 2 is 2.19 bits per heavy atom. The Balaban J connectivity index is 1.90. The lowest BCUT2D eigenvalue weighted by atomic mass is 10.2. The molecule has 0 saturated carbocycles. The first kappa shape index (κ1) is 11.7. The van der Waals surface area contributed by atoms with Crippen molar-refractivity contribution in [3.8, 4) is 0 Å². The van der Waals surface area contributed by atoms with Crippen LogP contribution in [-0.2, 0) is 0 Å². The first-order valence-corrected chi connectivity index (χ1v) is 6.73. The number of rotatable bonds is 3. The van der Waals surface area contributed by atoms with Crippen LogP contribution >= 0.6 is 27.7 Å². The molecule has 0 bridgehead atoms. The van der Waals surface area contributed by atoms with Gasteiger partial charge in [0.1, 0.15) is 0 Å². The molecule has 0 unspecified atom stereocenters. The van der Waals surface area contributed by atoms with E-state index in [0.29, 0.717) is 5.75 Å². The van der Waals surface area contributed by atoms with Crippen molar-refractivity contribution in [2.75, 3.05) is 18.8 Å². The van der Waals surface area contributed by atoms with Crippen LogP contribution < -0.4 is 5.32 Å². The molecular formula is C11H11BrN2OS. The van der Waals surface area contributed by atoms with Gasteiger partial charge in [0.25, 0.3) is 0 Å². The van der Waals surface area contributed by atoms with Crippen LogP contribution in [0.4, 0.5) is 0 Å². The van der Waals surface area contributed by atoms with Gasteiger partial charge in [0.05, 0.1) is 12.3 Å². The number of nitrogens with one attached hydrogen (secondary N) is 1. The lowest BCUT2D eigenvalue weighted by Crippen LogP contribution is -2.17. The first-order valence-electron chi connectivity index (χ1n) is 4.95. The molecule has 0 atom stereocenters. The number of thioether (sulfide) groups is 1. The van der Waals surface area contributed by atoms with E-state index in [9.17, 15) is 4.79 Å². The van der Waals surface area contributed by atoms with Crippen molar-refractivity contribution in [2.24, 2.45) is 4.99 Å². The number of hydrogen-bond acceptors (Lipinski definition) is 4. The van der Waals surface area contributed by atoms with Gasteiger partial charge in [0.15, 0.2) is 11.0 Å². The number of ketones is 1. The van der Waals surface area contributed by atoms with E-state index in [0.717, 1.165) is 28.3 Å². The summed E-state index contributed by atoms with van der Waals surface area (Å²) in [5.74, 6) is 0.571. The van der Waals surface area contributed by atoms with Gasteiger partial charge in [-0.05, 0) is 12.1 Å². The quantitative estimate of drug-likeness (QED) is 0.871. The Labute approximate surface area is 107 Å². The fourth-order valence-corrected chi connectivity index (χ4v) is 2.41. The molecule has 1 aliphatic heterocycles. The van der Waals surface area contributed by atoms with Crippen molar-refractivity contribution in [1.82, 2.24) is 5.32 Å². The summed E-state index contributed by atoms with van der Waals surface area (Å²) >= 11 is 4.81. The number of carbonyl (C=O) groups is 1. The zero-order chi connectivity index (χ0) is 11.4. The molecule has 16 heavy (non-hydrogen) atoms. The number of Topliss-reactive ketones (excluding diaryl/α,β-unsaturated/α-hetero) is 1. The summed E-state index contributed by atoms with van der Waals surface area (Å²) in [4.78, 5) is 16.0. The van der Waals surface area contributed by atoms with E-state index in [-0.39, 0.29) is 5.78 Å². The number of halogens is 1. The lowest BCUT2D eigenvalue weighted by molar-refractivity contribution is 0.102. The van der Waals surface area contributed by atoms with E-state index < -0.39 is 0 Å². The van der Waals surface area contributed by atoms with E-state index in [1.54, 1.807) is 0 Å². The van der Waals surface area contributed by atoms with Gasteiger partial charge in [-0.1, -0.05) is 39.8 Å². The maximum absolute atomic E-state index is 11.8. The molecule has 1 aromatic rings. The minimum Gasteiger partial charge on any atom is -0.363 e. The molecular weight excluding hydrogens is 288 g/mol. The van der Waals surface area contributed by atoms with Crippen LogP contribution in [0.2, 0.25) is 0 Å². The summed E-state index contributed by atoms with van der Waals surface area (Å²) in [6.07, 6.45) is 0. The lowest BCUT2D eigenvalue weighted by Gasteiger charge is -2.02. The summed E-state index contributed by atoms with van der Waals surface area (Å²) in [7, 11) is 0. The van der Waals surface area contributed by atoms with Crippen molar-refractivity contribution < 1.29 is 4.79 Å². The van der Waals surface area contributed by atoms with Gasteiger partial charge in [-0.25, -0.2) is 0 Å². The molecule has 0 saturated heterocycles. The maximum atomic E-state index is 11.8. The van der Waals surface area contributed by atoms with Crippen molar-refractivity contribution in [3.63, 3.8) is 0 Å². The number of carbonyl (C=O) groups excluding carboxylic acids is 1. The van der Waals surface area contributed by atoms with Gasteiger partial charge in [0.2, 0.25) is 0 Å². The predicted octanol–water partition coefficient (Wildman–Crippen LogP) is 2.32. The zero-order valence-corrected chi connectivity index (χ0v) is 11.0. The molecule has 84 valence electrons. The smallest absolute Gasteiger partial charge is 0.173 e. The Morgan fingerprint density at radius 3 is 2.81 bits per heavy atom. The maximum Gasteiger partial charge on any atom is 0.173 e.